The standard InChI is InChI=1S/C23H29Cl2N5O3/c24-8-10-30(11-9-25)21-6-4-18(5-7-21)27-23(32)28-20-3-1-2-19(16-20)26-22(31)17-29-12-14-33-15-13-29/h1-7,16H,8-15,17H2,(H,26,31)(H2,27,28,32). The van der Waals surface area contributed by atoms with Crippen molar-refractivity contribution in [1.29, 1.82) is 0 Å². The van der Waals surface area contributed by atoms with Crippen LogP contribution in [0.15, 0.2) is 48.5 Å². The molecule has 0 unspecified atom stereocenters. The topological polar surface area (TPSA) is 85.9 Å². The largest absolute Gasteiger partial charge is 0.379 e. The van der Waals surface area contributed by atoms with Gasteiger partial charge in [-0.25, -0.2) is 4.79 Å². The molecule has 33 heavy (non-hydrogen) atoms. The number of hydrogen-bond acceptors (Lipinski definition) is 5. The molecule has 1 aliphatic heterocycles. The Labute approximate surface area is 204 Å². The number of morpholine rings is 1. The zero-order chi connectivity index (χ0) is 23.5. The number of urea groups is 1. The van der Waals surface area contributed by atoms with Gasteiger partial charge in [0.15, 0.2) is 0 Å². The number of nitrogens with one attached hydrogen (secondary N) is 3. The second kappa shape index (κ2) is 13.3. The van der Waals surface area contributed by atoms with Gasteiger partial charge in [0.05, 0.1) is 19.8 Å². The minimum absolute atomic E-state index is 0.101. The molecular weight excluding hydrogens is 465 g/mol. The molecule has 0 bridgehead atoms. The summed E-state index contributed by atoms with van der Waals surface area (Å²) in [5.41, 5.74) is 2.84. The highest BCUT2D eigenvalue weighted by Gasteiger charge is 2.14. The van der Waals surface area contributed by atoms with Gasteiger partial charge in [0.1, 0.15) is 0 Å². The minimum atomic E-state index is -0.377. The van der Waals surface area contributed by atoms with E-state index in [9.17, 15) is 9.59 Å². The quantitative estimate of drug-likeness (QED) is 0.437. The zero-order valence-corrected chi connectivity index (χ0v) is 19.9. The number of benzene rings is 2. The lowest BCUT2D eigenvalue weighted by Gasteiger charge is -2.25. The molecule has 1 fully saturated rings. The summed E-state index contributed by atoms with van der Waals surface area (Å²) >= 11 is 11.7. The van der Waals surface area contributed by atoms with Gasteiger partial charge in [-0.05, 0) is 42.5 Å². The summed E-state index contributed by atoms with van der Waals surface area (Å²) < 4.78 is 5.30. The molecule has 178 valence electrons. The van der Waals surface area contributed by atoms with Crippen LogP contribution >= 0.6 is 23.2 Å². The molecule has 3 amide bonds. The fourth-order valence-electron chi connectivity index (χ4n) is 3.46. The van der Waals surface area contributed by atoms with Crippen molar-refractivity contribution in [2.45, 2.75) is 0 Å². The second-order valence-corrected chi connectivity index (χ2v) is 8.26. The van der Waals surface area contributed by atoms with Crippen molar-refractivity contribution in [3.8, 4) is 0 Å². The Morgan fingerprint density at radius 1 is 0.879 bits per heavy atom. The van der Waals surface area contributed by atoms with E-state index in [0.29, 0.717) is 61.7 Å². The first kappa shape index (κ1) is 25.1. The van der Waals surface area contributed by atoms with Gasteiger partial charge in [0, 0.05) is 60.7 Å². The van der Waals surface area contributed by atoms with Gasteiger partial charge in [0.2, 0.25) is 5.91 Å². The molecule has 2 aromatic rings. The Hall–Kier alpha value is -2.52. The predicted molar refractivity (Wildman–Crippen MR) is 135 cm³/mol. The Balaban J connectivity index is 1.51. The predicted octanol–water partition coefficient (Wildman–Crippen LogP) is 3.89. The van der Waals surface area contributed by atoms with Crippen molar-refractivity contribution in [2.75, 3.05) is 78.5 Å². The van der Waals surface area contributed by atoms with Crippen LogP contribution < -0.4 is 20.9 Å². The van der Waals surface area contributed by atoms with Crippen LogP contribution in [0.2, 0.25) is 0 Å². The first-order chi connectivity index (χ1) is 16.1. The summed E-state index contributed by atoms with van der Waals surface area (Å²) in [4.78, 5) is 28.9. The molecule has 0 atom stereocenters. The van der Waals surface area contributed by atoms with Gasteiger partial charge in [-0.15, -0.1) is 23.2 Å². The summed E-state index contributed by atoms with van der Waals surface area (Å²) in [5, 5.41) is 8.47. The molecule has 10 heteroatoms. The van der Waals surface area contributed by atoms with Gasteiger partial charge < -0.3 is 25.6 Å². The van der Waals surface area contributed by atoms with Crippen LogP contribution in [0.25, 0.3) is 0 Å². The Morgan fingerprint density at radius 2 is 1.48 bits per heavy atom. The zero-order valence-electron chi connectivity index (χ0n) is 18.4. The lowest BCUT2D eigenvalue weighted by Crippen LogP contribution is -2.41. The van der Waals surface area contributed by atoms with E-state index in [4.69, 9.17) is 27.9 Å². The van der Waals surface area contributed by atoms with Crippen LogP contribution in [0, 0.1) is 0 Å². The molecule has 8 nitrogen and oxygen atoms in total. The maximum absolute atomic E-state index is 12.4. The van der Waals surface area contributed by atoms with Crippen molar-refractivity contribution >= 4 is 57.9 Å². The summed E-state index contributed by atoms with van der Waals surface area (Å²) in [6.07, 6.45) is 0. The third-order valence-corrected chi connectivity index (χ3v) is 5.41. The molecule has 1 heterocycles. The first-order valence-electron chi connectivity index (χ1n) is 10.8. The smallest absolute Gasteiger partial charge is 0.323 e. The van der Waals surface area contributed by atoms with Crippen molar-refractivity contribution in [3.63, 3.8) is 0 Å². The average molecular weight is 494 g/mol. The fraction of sp³-hybridized carbons (Fsp3) is 0.391. The maximum atomic E-state index is 12.4. The number of hydrogen-bond donors (Lipinski definition) is 3. The molecule has 1 aliphatic rings. The van der Waals surface area contributed by atoms with Crippen molar-refractivity contribution in [1.82, 2.24) is 4.90 Å². The normalized spacial score (nSPS) is 13.9. The van der Waals surface area contributed by atoms with Gasteiger partial charge in [0.25, 0.3) is 0 Å². The van der Waals surface area contributed by atoms with E-state index in [2.05, 4.69) is 20.9 Å². The van der Waals surface area contributed by atoms with Crippen LogP contribution in [-0.4, -0.2) is 74.5 Å². The second-order valence-electron chi connectivity index (χ2n) is 7.51. The van der Waals surface area contributed by atoms with E-state index < -0.39 is 0 Å². The summed E-state index contributed by atoms with van der Waals surface area (Å²) in [5.74, 6) is 0.911. The Morgan fingerprint density at radius 3 is 2.12 bits per heavy atom. The van der Waals surface area contributed by atoms with Gasteiger partial charge in [-0.2, -0.15) is 0 Å². The van der Waals surface area contributed by atoms with Crippen LogP contribution in [0.1, 0.15) is 0 Å². The number of nitrogens with zero attached hydrogens (tertiary/aromatic N) is 2. The lowest BCUT2D eigenvalue weighted by atomic mass is 10.2. The van der Waals surface area contributed by atoms with E-state index in [0.717, 1.165) is 18.8 Å². The van der Waals surface area contributed by atoms with Gasteiger partial charge in [-0.3, -0.25) is 9.69 Å². The molecule has 0 spiro atoms. The number of alkyl halides is 2. The van der Waals surface area contributed by atoms with E-state index in [1.807, 2.05) is 29.2 Å². The van der Waals surface area contributed by atoms with E-state index >= 15 is 0 Å². The van der Waals surface area contributed by atoms with Crippen LogP contribution in [0.4, 0.5) is 27.5 Å². The molecule has 1 saturated heterocycles. The Bertz CT molecular complexity index is 901. The average Bonchev–Trinajstić information content (AvgIpc) is 2.80. The highest BCUT2D eigenvalue weighted by molar-refractivity contribution is 6.18. The first-order valence-corrected chi connectivity index (χ1v) is 11.9. The number of anilines is 4. The molecule has 0 radical (unpaired) electrons. The van der Waals surface area contributed by atoms with Crippen LogP contribution in [0.3, 0.4) is 0 Å². The SMILES string of the molecule is O=C(CN1CCOCC1)Nc1cccc(NC(=O)Nc2ccc(N(CCCl)CCCl)cc2)c1. The highest BCUT2D eigenvalue weighted by Crippen LogP contribution is 2.19. The highest BCUT2D eigenvalue weighted by atomic mass is 35.5. The molecule has 3 N–H and O–H groups in total. The van der Waals surface area contributed by atoms with Gasteiger partial charge in [-0.1, -0.05) is 6.07 Å². The van der Waals surface area contributed by atoms with Crippen molar-refractivity contribution < 1.29 is 14.3 Å². The molecule has 2 aromatic carbocycles. The number of carbonyl (C=O) groups excluding carboxylic acids is 2. The lowest BCUT2D eigenvalue weighted by molar-refractivity contribution is -0.118. The van der Waals surface area contributed by atoms with Crippen LogP contribution in [-0.2, 0) is 9.53 Å². The number of ether oxygens (including phenoxy) is 1. The molecule has 3 rings (SSSR count). The van der Waals surface area contributed by atoms with Crippen molar-refractivity contribution in [2.24, 2.45) is 0 Å². The number of amides is 3. The van der Waals surface area contributed by atoms with E-state index in [1.165, 1.54) is 0 Å². The molecule has 0 saturated carbocycles. The molecular formula is C23H29Cl2N5O3. The Kier molecular flexibility index (Phi) is 10.1. The minimum Gasteiger partial charge on any atom is -0.379 e. The monoisotopic (exact) mass is 493 g/mol. The van der Waals surface area contributed by atoms with Gasteiger partial charge >= 0.3 is 6.03 Å². The van der Waals surface area contributed by atoms with E-state index in [1.54, 1.807) is 24.3 Å². The summed E-state index contributed by atoms with van der Waals surface area (Å²) in [6.45, 7) is 4.47. The third kappa shape index (κ3) is 8.40. The summed E-state index contributed by atoms with van der Waals surface area (Å²) in [7, 11) is 0. The number of carbonyl (C=O) groups is 2. The molecule has 0 aliphatic carbocycles. The number of halogens is 2. The summed E-state index contributed by atoms with van der Waals surface area (Å²) in [6, 6.07) is 14.1. The van der Waals surface area contributed by atoms with E-state index in [-0.39, 0.29) is 11.9 Å². The third-order valence-electron chi connectivity index (χ3n) is 5.07. The molecule has 0 aromatic heterocycles. The van der Waals surface area contributed by atoms with Crippen molar-refractivity contribution in [3.05, 3.63) is 48.5 Å². The van der Waals surface area contributed by atoms with Crippen LogP contribution in [0.5, 0.6) is 0 Å². The maximum Gasteiger partial charge on any atom is 0.323 e. The number of rotatable bonds is 10. The fourth-order valence-corrected chi connectivity index (χ4v) is 3.87.